The van der Waals surface area contributed by atoms with Crippen LogP contribution < -0.4 is 10.0 Å². The van der Waals surface area contributed by atoms with Crippen LogP contribution >= 0.6 is 0 Å². The van der Waals surface area contributed by atoms with Crippen LogP contribution in [-0.4, -0.2) is 23.4 Å². The molecule has 1 amide bonds. The summed E-state index contributed by atoms with van der Waals surface area (Å²) in [6, 6.07) is 5.39. The first-order chi connectivity index (χ1) is 11.8. The lowest BCUT2D eigenvalue weighted by molar-refractivity contribution is -0.605. The lowest BCUT2D eigenvalue weighted by Gasteiger charge is -2.11. The first-order valence-electron chi connectivity index (χ1n) is 7.20. The fourth-order valence-electron chi connectivity index (χ4n) is 2.05. The second-order valence-electron chi connectivity index (χ2n) is 5.23. The predicted molar refractivity (Wildman–Crippen MR) is 86.9 cm³/mol. The molecule has 0 saturated heterocycles. The standard InChI is InChI=1S/C16H15N3O6/c1-10-3-4-13(19(23)24)15(11(10)2)17-14(20)9-25-16(21)12-5-7-18(22)8-6-12/h3-8H,9H2,1-2H3,(H,17,20). The average molecular weight is 345 g/mol. The molecule has 9 nitrogen and oxygen atoms in total. The molecule has 1 aromatic carbocycles. The molecule has 1 heterocycles. The second-order valence-corrected chi connectivity index (χ2v) is 5.23. The van der Waals surface area contributed by atoms with E-state index in [2.05, 4.69) is 5.32 Å². The van der Waals surface area contributed by atoms with Crippen molar-refractivity contribution in [2.24, 2.45) is 0 Å². The van der Waals surface area contributed by atoms with Crippen LogP contribution in [0.1, 0.15) is 21.5 Å². The monoisotopic (exact) mass is 345 g/mol. The van der Waals surface area contributed by atoms with Crippen LogP contribution in [0.4, 0.5) is 11.4 Å². The Morgan fingerprint density at radius 1 is 1.20 bits per heavy atom. The van der Waals surface area contributed by atoms with Gasteiger partial charge in [-0.3, -0.25) is 14.9 Å². The van der Waals surface area contributed by atoms with Crippen LogP contribution in [0.3, 0.4) is 0 Å². The smallest absolute Gasteiger partial charge is 0.339 e. The molecule has 0 fully saturated rings. The lowest BCUT2D eigenvalue weighted by atomic mass is 10.1. The van der Waals surface area contributed by atoms with Crippen LogP contribution in [0.15, 0.2) is 36.7 Å². The number of amides is 1. The number of nitro groups is 1. The van der Waals surface area contributed by atoms with E-state index >= 15 is 0 Å². The first-order valence-corrected chi connectivity index (χ1v) is 7.20. The number of nitro benzene ring substituents is 1. The molecule has 9 heteroatoms. The van der Waals surface area contributed by atoms with Gasteiger partial charge in [-0.1, -0.05) is 6.07 Å². The second kappa shape index (κ2) is 7.39. The fraction of sp³-hybridized carbons (Fsp3) is 0.188. The maximum atomic E-state index is 12.0. The number of aromatic nitrogens is 1. The predicted octanol–water partition coefficient (Wildman–Crippen LogP) is 1.64. The number of ether oxygens (including phenoxy) is 1. The van der Waals surface area contributed by atoms with E-state index in [4.69, 9.17) is 4.74 Å². The number of aryl methyl sites for hydroxylation is 1. The summed E-state index contributed by atoms with van der Waals surface area (Å²) in [7, 11) is 0. The van der Waals surface area contributed by atoms with Gasteiger partial charge in [0.1, 0.15) is 5.69 Å². The maximum Gasteiger partial charge on any atom is 0.339 e. The van der Waals surface area contributed by atoms with Gasteiger partial charge in [-0.25, -0.2) is 4.79 Å². The highest BCUT2D eigenvalue weighted by Gasteiger charge is 2.20. The zero-order valence-electron chi connectivity index (χ0n) is 13.5. The van der Waals surface area contributed by atoms with E-state index in [0.29, 0.717) is 10.3 Å². The number of hydrogen-bond acceptors (Lipinski definition) is 6. The molecule has 1 N–H and O–H groups in total. The largest absolute Gasteiger partial charge is 0.619 e. The van der Waals surface area contributed by atoms with Crippen molar-refractivity contribution < 1.29 is 24.0 Å². The van der Waals surface area contributed by atoms with E-state index in [1.807, 2.05) is 0 Å². The number of rotatable bonds is 5. The fourth-order valence-corrected chi connectivity index (χ4v) is 2.05. The van der Waals surface area contributed by atoms with E-state index in [0.717, 1.165) is 18.0 Å². The van der Waals surface area contributed by atoms with Crippen molar-refractivity contribution in [3.8, 4) is 0 Å². The van der Waals surface area contributed by atoms with Gasteiger partial charge in [0.15, 0.2) is 19.0 Å². The zero-order chi connectivity index (χ0) is 18.6. The van der Waals surface area contributed by atoms with Gasteiger partial charge >= 0.3 is 5.97 Å². The van der Waals surface area contributed by atoms with Crippen LogP contribution in [-0.2, 0) is 9.53 Å². The highest BCUT2D eigenvalue weighted by Crippen LogP contribution is 2.30. The molecule has 25 heavy (non-hydrogen) atoms. The van der Waals surface area contributed by atoms with Gasteiger partial charge in [-0.15, -0.1) is 0 Å². The topological polar surface area (TPSA) is 125 Å². The molecule has 1 aromatic heterocycles. The number of anilines is 1. The maximum absolute atomic E-state index is 12.0. The van der Waals surface area contributed by atoms with Crippen molar-refractivity contribution in [2.45, 2.75) is 13.8 Å². The van der Waals surface area contributed by atoms with Gasteiger partial charge in [0.2, 0.25) is 0 Å². The van der Waals surface area contributed by atoms with Crippen molar-refractivity contribution >= 4 is 23.3 Å². The van der Waals surface area contributed by atoms with Crippen molar-refractivity contribution in [3.05, 3.63) is 68.7 Å². The molecule has 0 aliphatic rings. The number of pyridine rings is 1. The Balaban J connectivity index is 2.06. The number of carbonyl (C=O) groups is 2. The summed E-state index contributed by atoms with van der Waals surface area (Å²) < 4.78 is 5.34. The minimum Gasteiger partial charge on any atom is -0.619 e. The Morgan fingerprint density at radius 3 is 2.44 bits per heavy atom. The Morgan fingerprint density at radius 2 is 1.84 bits per heavy atom. The van der Waals surface area contributed by atoms with Crippen molar-refractivity contribution in [1.82, 2.24) is 0 Å². The number of nitrogens with zero attached hydrogens (tertiary/aromatic N) is 2. The highest BCUT2D eigenvalue weighted by atomic mass is 16.6. The van der Waals surface area contributed by atoms with Crippen molar-refractivity contribution in [1.29, 1.82) is 0 Å². The minimum atomic E-state index is -0.786. The highest BCUT2D eigenvalue weighted by molar-refractivity contribution is 5.97. The summed E-state index contributed by atoms with van der Waals surface area (Å²) in [5.41, 5.74) is 1.26. The SMILES string of the molecule is Cc1ccc([N+](=O)[O-])c(NC(=O)COC(=O)c2cc[n+]([O-])cc2)c1C. The summed E-state index contributed by atoms with van der Waals surface area (Å²) in [5.74, 6) is -1.49. The van der Waals surface area contributed by atoms with Crippen LogP contribution in [0.5, 0.6) is 0 Å². The van der Waals surface area contributed by atoms with Crippen LogP contribution in [0, 0.1) is 29.2 Å². The van der Waals surface area contributed by atoms with E-state index in [9.17, 15) is 24.9 Å². The minimum absolute atomic E-state index is 0.0677. The third-order valence-corrected chi connectivity index (χ3v) is 3.55. The van der Waals surface area contributed by atoms with Gasteiger partial charge < -0.3 is 15.3 Å². The quantitative estimate of drug-likeness (QED) is 0.289. The van der Waals surface area contributed by atoms with Gasteiger partial charge in [-0.05, 0) is 25.0 Å². The summed E-state index contributed by atoms with van der Waals surface area (Å²) in [6.07, 6.45) is 2.24. The van der Waals surface area contributed by atoms with E-state index < -0.39 is 23.4 Å². The average Bonchev–Trinajstić information content (AvgIpc) is 2.57. The molecule has 2 aromatic rings. The van der Waals surface area contributed by atoms with E-state index in [-0.39, 0.29) is 16.9 Å². The third-order valence-electron chi connectivity index (χ3n) is 3.55. The third kappa shape index (κ3) is 4.28. The molecular weight excluding hydrogens is 330 g/mol. The summed E-state index contributed by atoms with van der Waals surface area (Å²) in [6.45, 7) is 2.79. The molecule has 130 valence electrons. The molecule has 0 radical (unpaired) electrons. The number of esters is 1. The summed E-state index contributed by atoms with van der Waals surface area (Å²) in [5, 5.41) is 24.4. The molecule has 0 aliphatic heterocycles. The molecule has 0 unspecified atom stereocenters. The number of carbonyl (C=O) groups excluding carboxylic acids is 2. The molecular formula is C16H15N3O6. The van der Waals surface area contributed by atoms with E-state index in [1.165, 1.54) is 18.2 Å². The number of hydrogen-bond donors (Lipinski definition) is 1. The molecule has 0 bridgehead atoms. The Kier molecular flexibility index (Phi) is 5.28. The Labute approximate surface area is 142 Å². The Hall–Kier alpha value is -3.49. The van der Waals surface area contributed by atoms with Crippen molar-refractivity contribution in [3.63, 3.8) is 0 Å². The normalized spacial score (nSPS) is 10.2. The van der Waals surface area contributed by atoms with Gasteiger partial charge in [0.05, 0.1) is 10.5 Å². The van der Waals surface area contributed by atoms with Crippen LogP contribution in [0.2, 0.25) is 0 Å². The number of benzene rings is 1. The molecule has 0 aliphatic carbocycles. The molecule has 0 atom stereocenters. The van der Waals surface area contributed by atoms with Crippen molar-refractivity contribution in [2.75, 3.05) is 11.9 Å². The van der Waals surface area contributed by atoms with Gasteiger partial charge in [0, 0.05) is 18.2 Å². The molecule has 0 spiro atoms. The Bertz CT molecular complexity index is 833. The lowest BCUT2D eigenvalue weighted by Crippen LogP contribution is -2.25. The number of nitrogens with one attached hydrogen (secondary N) is 1. The zero-order valence-corrected chi connectivity index (χ0v) is 13.5. The summed E-state index contributed by atoms with van der Waals surface area (Å²) in [4.78, 5) is 34.2. The molecule has 2 rings (SSSR count). The summed E-state index contributed by atoms with van der Waals surface area (Å²) >= 11 is 0. The van der Waals surface area contributed by atoms with Gasteiger partial charge in [-0.2, -0.15) is 4.73 Å². The first kappa shape index (κ1) is 17.9. The van der Waals surface area contributed by atoms with E-state index in [1.54, 1.807) is 19.9 Å². The van der Waals surface area contributed by atoms with Crippen LogP contribution in [0.25, 0.3) is 0 Å². The molecule has 0 saturated carbocycles. The van der Waals surface area contributed by atoms with Gasteiger partial charge in [0.25, 0.3) is 11.6 Å².